The lowest BCUT2D eigenvalue weighted by Crippen LogP contribution is -2.02. The zero-order chi connectivity index (χ0) is 14.9. The van der Waals surface area contributed by atoms with Gasteiger partial charge in [-0.05, 0) is 18.2 Å². The molecule has 0 spiro atoms. The van der Waals surface area contributed by atoms with Crippen LogP contribution in [-0.2, 0) is 11.2 Å². The van der Waals surface area contributed by atoms with E-state index in [1.165, 1.54) is 0 Å². The van der Waals surface area contributed by atoms with E-state index in [2.05, 4.69) is 4.98 Å². The third kappa shape index (κ3) is 3.18. The highest BCUT2D eigenvalue weighted by Gasteiger charge is 2.14. The van der Waals surface area contributed by atoms with Crippen molar-refractivity contribution in [3.05, 3.63) is 50.0 Å². The van der Waals surface area contributed by atoms with Gasteiger partial charge >= 0.3 is 5.97 Å². The molecule has 0 saturated heterocycles. The van der Waals surface area contributed by atoms with Crippen molar-refractivity contribution in [2.75, 3.05) is 0 Å². The maximum Gasteiger partial charge on any atom is 0.307 e. The molecule has 20 heavy (non-hydrogen) atoms. The minimum absolute atomic E-state index is 0.118. The van der Waals surface area contributed by atoms with Crippen LogP contribution in [0.1, 0.15) is 5.56 Å². The summed E-state index contributed by atoms with van der Waals surface area (Å²) >= 11 is 23.9. The number of rotatable bonds is 3. The molecule has 1 heterocycles. The smallest absolute Gasteiger partial charge is 0.307 e. The van der Waals surface area contributed by atoms with Gasteiger partial charge in [-0.25, -0.2) is 4.98 Å². The minimum Gasteiger partial charge on any atom is -0.481 e. The van der Waals surface area contributed by atoms with Crippen LogP contribution in [0, 0.1) is 0 Å². The van der Waals surface area contributed by atoms with Crippen LogP contribution < -0.4 is 0 Å². The van der Waals surface area contributed by atoms with E-state index in [1.807, 2.05) is 0 Å². The van der Waals surface area contributed by atoms with Gasteiger partial charge in [0.1, 0.15) is 5.15 Å². The van der Waals surface area contributed by atoms with E-state index in [9.17, 15) is 4.79 Å². The maximum absolute atomic E-state index is 10.7. The van der Waals surface area contributed by atoms with E-state index in [0.29, 0.717) is 21.8 Å². The number of aromatic nitrogens is 1. The molecule has 2 aromatic rings. The van der Waals surface area contributed by atoms with Crippen LogP contribution in [0.25, 0.3) is 11.3 Å². The lowest BCUT2D eigenvalue weighted by Gasteiger charge is -2.08. The molecule has 0 aliphatic heterocycles. The summed E-state index contributed by atoms with van der Waals surface area (Å²) < 4.78 is 0. The summed E-state index contributed by atoms with van der Waals surface area (Å²) in [6, 6.07) is 6.51. The standard InChI is InChI=1S/C13H7Cl4NO2/c14-8-3-2-7(11(15)12(8)16)9-4-1-6(5-10(19)20)13(17)18-9/h1-4H,5H2,(H,19,20). The number of carbonyl (C=O) groups is 1. The Balaban J connectivity index is 2.47. The first kappa shape index (κ1) is 15.4. The number of aliphatic carboxylic acids is 1. The second-order valence-corrected chi connectivity index (χ2v) is 5.46. The average molecular weight is 351 g/mol. The molecule has 0 radical (unpaired) electrons. The van der Waals surface area contributed by atoms with Gasteiger partial charge in [0.15, 0.2) is 0 Å². The number of hydrogen-bond acceptors (Lipinski definition) is 2. The SMILES string of the molecule is O=C(O)Cc1ccc(-c2ccc(Cl)c(Cl)c2Cl)nc1Cl. The van der Waals surface area contributed by atoms with Crippen molar-refractivity contribution >= 4 is 52.4 Å². The third-order valence-electron chi connectivity index (χ3n) is 2.58. The van der Waals surface area contributed by atoms with Gasteiger partial charge in [0.05, 0.1) is 27.2 Å². The van der Waals surface area contributed by atoms with Gasteiger partial charge in [-0.15, -0.1) is 0 Å². The summed E-state index contributed by atoms with van der Waals surface area (Å²) in [7, 11) is 0. The minimum atomic E-state index is -0.978. The van der Waals surface area contributed by atoms with Gasteiger partial charge in [0, 0.05) is 11.1 Å². The van der Waals surface area contributed by atoms with E-state index in [1.54, 1.807) is 24.3 Å². The van der Waals surface area contributed by atoms with Crippen molar-refractivity contribution < 1.29 is 9.90 Å². The van der Waals surface area contributed by atoms with Crippen LogP contribution in [0.4, 0.5) is 0 Å². The zero-order valence-electron chi connectivity index (χ0n) is 9.83. The fourth-order valence-corrected chi connectivity index (χ4v) is 2.48. The highest BCUT2D eigenvalue weighted by molar-refractivity contribution is 6.49. The number of benzene rings is 1. The number of hydrogen-bond donors (Lipinski definition) is 1. The number of nitrogens with zero attached hydrogens (tertiary/aromatic N) is 1. The van der Waals surface area contributed by atoms with Crippen LogP contribution in [0.3, 0.4) is 0 Å². The van der Waals surface area contributed by atoms with Crippen molar-refractivity contribution in [3.8, 4) is 11.3 Å². The maximum atomic E-state index is 10.7. The van der Waals surface area contributed by atoms with Crippen molar-refractivity contribution in [3.63, 3.8) is 0 Å². The summed E-state index contributed by atoms with van der Waals surface area (Å²) in [6.07, 6.45) is -0.193. The third-order valence-corrected chi connectivity index (χ3v) is 4.20. The van der Waals surface area contributed by atoms with Gasteiger partial charge in [-0.2, -0.15) is 0 Å². The highest BCUT2D eigenvalue weighted by atomic mass is 35.5. The monoisotopic (exact) mass is 349 g/mol. The summed E-state index contributed by atoms with van der Waals surface area (Å²) in [5, 5.41) is 9.71. The zero-order valence-corrected chi connectivity index (χ0v) is 12.9. The molecule has 0 saturated carbocycles. The quantitative estimate of drug-likeness (QED) is 0.626. The van der Waals surface area contributed by atoms with E-state index < -0.39 is 5.97 Å². The highest BCUT2D eigenvalue weighted by Crippen LogP contribution is 2.37. The van der Waals surface area contributed by atoms with Crippen molar-refractivity contribution in [2.45, 2.75) is 6.42 Å². The molecule has 0 aliphatic rings. The van der Waals surface area contributed by atoms with Gasteiger partial charge in [0.2, 0.25) is 0 Å². The van der Waals surface area contributed by atoms with E-state index >= 15 is 0 Å². The van der Waals surface area contributed by atoms with Crippen LogP contribution in [0.5, 0.6) is 0 Å². The first-order valence-electron chi connectivity index (χ1n) is 5.41. The number of carboxylic acid groups (broad SMARTS) is 1. The Labute approximate surface area is 135 Å². The molecule has 0 atom stereocenters. The Bertz CT molecular complexity index is 688. The molecule has 1 aromatic carbocycles. The van der Waals surface area contributed by atoms with E-state index in [4.69, 9.17) is 51.5 Å². The fourth-order valence-electron chi connectivity index (χ4n) is 1.63. The van der Waals surface area contributed by atoms with Crippen molar-refractivity contribution in [1.82, 2.24) is 4.98 Å². The Morgan fingerprint density at radius 1 is 1.05 bits per heavy atom. The molecular weight excluding hydrogens is 344 g/mol. The van der Waals surface area contributed by atoms with Gasteiger partial charge in [-0.3, -0.25) is 4.79 Å². The number of carboxylic acids is 1. The Hall–Kier alpha value is -1.000. The molecule has 3 nitrogen and oxygen atoms in total. The second-order valence-electron chi connectivity index (χ2n) is 3.94. The molecular formula is C13H7Cl4NO2. The summed E-state index contributed by atoms with van der Waals surface area (Å²) in [5.74, 6) is -0.978. The number of halogens is 4. The lowest BCUT2D eigenvalue weighted by atomic mass is 10.1. The van der Waals surface area contributed by atoms with Crippen LogP contribution in [0.15, 0.2) is 24.3 Å². The molecule has 0 aliphatic carbocycles. The van der Waals surface area contributed by atoms with E-state index in [0.717, 1.165) is 0 Å². The van der Waals surface area contributed by atoms with Crippen LogP contribution in [0.2, 0.25) is 20.2 Å². The van der Waals surface area contributed by atoms with Crippen LogP contribution >= 0.6 is 46.4 Å². The molecule has 104 valence electrons. The molecule has 0 fully saturated rings. The topological polar surface area (TPSA) is 50.2 Å². The predicted octanol–water partition coefficient (Wildman–Crippen LogP) is 4.99. The largest absolute Gasteiger partial charge is 0.481 e. The van der Waals surface area contributed by atoms with Crippen molar-refractivity contribution in [1.29, 1.82) is 0 Å². The first-order chi connectivity index (χ1) is 9.40. The van der Waals surface area contributed by atoms with Gasteiger partial charge in [0.25, 0.3) is 0 Å². The Morgan fingerprint density at radius 3 is 2.35 bits per heavy atom. The second kappa shape index (κ2) is 6.19. The molecule has 7 heteroatoms. The molecule has 0 amide bonds. The Kier molecular flexibility index (Phi) is 4.76. The molecule has 0 unspecified atom stereocenters. The summed E-state index contributed by atoms with van der Waals surface area (Å²) in [6.45, 7) is 0. The first-order valence-corrected chi connectivity index (χ1v) is 6.92. The van der Waals surface area contributed by atoms with E-state index in [-0.39, 0.29) is 21.6 Å². The molecule has 0 bridgehead atoms. The normalized spacial score (nSPS) is 10.6. The van der Waals surface area contributed by atoms with Gasteiger partial charge in [-0.1, -0.05) is 52.5 Å². The lowest BCUT2D eigenvalue weighted by molar-refractivity contribution is -0.136. The van der Waals surface area contributed by atoms with Crippen LogP contribution in [-0.4, -0.2) is 16.1 Å². The van der Waals surface area contributed by atoms with Gasteiger partial charge < -0.3 is 5.11 Å². The summed E-state index contributed by atoms with van der Waals surface area (Å²) in [5.41, 5.74) is 1.50. The molecule has 1 N–H and O–H groups in total. The molecule has 2 rings (SSSR count). The summed E-state index contributed by atoms with van der Waals surface area (Å²) in [4.78, 5) is 14.8. The predicted molar refractivity (Wildman–Crippen MR) is 81.1 cm³/mol. The van der Waals surface area contributed by atoms with Crippen molar-refractivity contribution in [2.24, 2.45) is 0 Å². The Morgan fingerprint density at radius 2 is 1.75 bits per heavy atom. The number of pyridine rings is 1. The molecule has 1 aromatic heterocycles. The average Bonchev–Trinajstić information content (AvgIpc) is 2.38. The fraction of sp³-hybridized carbons (Fsp3) is 0.0769.